The Morgan fingerprint density at radius 1 is 1.50 bits per heavy atom. The summed E-state index contributed by atoms with van der Waals surface area (Å²) >= 11 is 2.85. The molecule has 0 atom stereocenters. The molecule has 1 rings (SSSR count). The third-order valence-corrected chi connectivity index (χ3v) is 1.94. The van der Waals surface area contributed by atoms with Gasteiger partial charge in [-0.25, -0.2) is 9.18 Å². The molecule has 0 bridgehead atoms. The lowest BCUT2D eigenvalue weighted by Gasteiger charge is -2.00. The second-order valence-corrected chi connectivity index (χ2v) is 2.92. The highest BCUT2D eigenvalue weighted by atomic mass is 79.9. The summed E-state index contributed by atoms with van der Waals surface area (Å²) in [6.45, 7) is 0. The van der Waals surface area contributed by atoms with Crippen molar-refractivity contribution in [1.29, 1.82) is 0 Å². The van der Waals surface area contributed by atoms with Crippen molar-refractivity contribution < 1.29 is 19.4 Å². The number of benzene rings is 1. The van der Waals surface area contributed by atoms with Gasteiger partial charge in [0.15, 0.2) is 11.6 Å². The number of aromatic carboxylic acids is 1. The van der Waals surface area contributed by atoms with Crippen molar-refractivity contribution in [2.75, 3.05) is 0 Å². The second kappa shape index (κ2) is 3.10. The van der Waals surface area contributed by atoms with Crippen LogP contribution in [0.1, 0.15) is 10.4 Å². The first kappa shape index (κ1) is 8.99. The lowest BCUT2D eigenvalue weighted by molar-refractivity contribution is 0.0691. The van der Waals surface area contributed by atoms with E-state index in [1.165, 1.54) is 6.07 Å². The zero-order valence-electron chi connectivity index (χ0n) is 5.71. The molecule has 12 heavy (non-hydrogen) atoms. The molecule has 1 aromatic carbocycles. The molecule has 0 radical (unpaired) electrons. The van der Waals surface area contributed by atoms with Crippen molar-refractivity contribution in [3.8, 4) is 5.75 Å². The number of carboxylic acid groups (broad SMARTS) is 1. The van der Waals surface area contributed by atoms with Gasteiger partial charge in [-0.3, -0.25) is 0 Å². The third-order valence-electron chi connectivity index (χ3n) is 1.30. The summed E-state index contributed by atoms with van der Waals surface area (Å²) in [5, 5.41) is 17.4. The Kier molecular flexibility index (Phi) is 2.32. The normalized spacial score (nSPS) is 9.83. The first-order valence-corrected chi connectivity index (χ1v) is 3.73. The molecular weight excluding hydrogens is 231 g/mol. The van der Waals surface area contributed by atoms with Crippen LogP contribution in [0.3, 0.4) is 0 Å². The van der Waals surface area contributed by atoms with Gasteiger partial charge in [0.25, 0.3) is 0 Å². The van der Waals surface area contributed by atoms with E-state index in [0.29, 0.717) is 0 Å². The van der Waals surface area contributed by atoms with Gasteiger partial charge < -0.3 is 10.2 Å². The zero-order chi connectivity index (χ0) is 9.30. The number of aromatic hydroxyl groups is 1. The van der Waals surface area contributed by atoms with Crippen LogP contribution in [0.2, 0.25) is 0 Å². The zero-order valence-corrected chi connectivity index (χ0v) is 7.30. The molecule has 0 fully saturated rings. The molecular formula is C7H4BrFO3. The van der Waals surface area contributed by atoms with Crippen LogP contribution in [0.5, 0.6) is 5.75 Å². The van der Waals surface area contributed by atoms with Crippen LogP contribution in [0.15, 0.2) is 16.6 Å². The first-order chi connectivity index (χ1) is 5.54. The van der Waals surface area contributed by atoms with Gasteiger partial charge in [0.05, 0.1) is 10.0 Å². The van der Waals surface area contributed by atoms with Crippen LogP contribution in [-0.2, 0) is 0 Å². The van der Waals surface area contributed by atoms with E-state index in [-0.39, 0.29) is 4.47 Å². The van der Waals surface area contributed by atoms with Crippen LogP contribution in [-0.4, -0.2) is 16.2 Å². The Balaban J connectivity index is 3.36. The number of carboxylic acids is 1. The fourth-order valence-corrected chi connectivity index (χ4v) is 1.01. The molecule has 1 aromatic rings. The van der Waals surface area contributed by atoms with Gasteiger partial charge in [0, 0.05) is 0 Å². The highest BCUT2D eigenvalue weighted by Gasteiger charge is 2.15. The van der Waals surface area contributed by atoms with E-state index in [4.69, 9.17) is 10.2 Å². The number of hydrogen-bond donors (Lipinski definition) is 2. The quantitative estimate of drug-likeness (QED) is 0.782. The number of hydrogen-bond acceptors (Lipinski definition) is 2. The minimum absolute atomic E-state index is 0.130. The summed E-state index contributed by atoms with van der Waals surface area (Å²) in [6.07, 6.45) is 0. The topological polar surface area (TPSA) is 57.5 Å². The molecule has 64 valence electrons. The Morgan fingerprint density at radius 3 is 2.58 bits per heavy atom. The third kappa shape index (κ3) is 1.40. The van der Waals surface area contributed by atoms with Crippen LogP contribution in [0.25, 0.3) is 0 Å². The molecule has 0 spiro atoms. The maximum atomic E-state index is 12.9. The minimum atomic E-state index is -1.41. The minimum Gasteiger partial charge on any atom is -0.504 e. The van der Waals surface area contributed by atoms with Gasteiger partial charge >= 0.3 is 5.97 Å². The lowest BCUT2D eigenvalue weighted by atomic mass is 10.2. The van der Waals surface area contributed by atoms with Crippen molar-refractivity contribution in [2.45, 2.75) is 0 Å². The van der Waals surface area contributed by atoms with Crippen molar-refractivity contribution >= 4 is 21.9 Å². The van der Waals surface area contributed by atoms with Crippen molar-refractivity contribution in [3.63, 3.8) is 0 Å². The van der Waals surface area contributed by atoms with E-state index < -0.39 is 23.1 Å². The average molecular weight is 235 g/mol. The molecule has 3 nitrogen and oxygen atoms in total. The summed E-state index contributed by atoms with van der Waals surface area (Å²) in [4.78, 5) is 10.3. The molecule has 0 aliphatic heterocycles. The van der Waals surface area contributed by atoms with E-state index in [2.05, 4.69) is 15.9 Å². The summed E-state index contributed by atoms with van der Waals surface area (Å²) < 4.78 is 13.0. The van der Waals surface area contributed by atoms with E-state index in [1.54, 1.807) is 0 Å². The van der Waals surface area contributed by atoms with Crippen LogP contribution >= 0.6 is 15.9 Å². The monoisotopic (exact) mass is 234 g/mol. The maximum Gasteiger partial charge on any atom is 0.338 e. The molecule has 0 aliphatic rings. The standard InChI is InChI=1S/C7H4BrFO3/c8-4-2-1-3(7(11)12)5(9)6(4)10/h1-2,10H,(H,11,12). The Hall–Kier alpha value is -1.10. The van der Waals surface area contributed by atoms with Gasteiger partial charge in [-0.1, -0.05) is 0 Å². The fourth-order valence-electron chi connectivity index (χ4n) is 0.706. The van der Waals surface area contributed by atoms with Crippen LogP contribution in [0, 0.1) is 5.82 Å². The predicted molar refractivity (Wildman–Crippen MR) is 42.7 cm³/mol. The maximum absolute atomic E-state index is 12.9. The van der Waals surface area contributed by atoms with E-state index in [0.717, 1.165) is 6.07 Å². The van der Waals surface area contributed by atoms with Gasteiger partial charge in [-0.15, -0.1) is 0 Å². The van der Waals surface area contributed by atoms with Crippen molar-refractivity contribution in [3.05, 3.63) is 28.0 Å². The molecule has 2 N–H and O–H groups in total. The highest BCUT2D eigenvalue weighted by molar-refractivity contribution is 9.10. The Bertz CT molecular complexity index is 338. The summed E-state index contributed by atoms with van der Waals surface area (Å²) in [5.74, 6) is -3.22. The van der Waals surface area contributed by atoms with Crippen molar-refractivity contribution in [2.24, 2.45) is 0 Å². The van der Waals surface area contributed by atoms with Crippen molar-refractivity contribution in [1.82, 2.24) is 0 Å². The number of phenolic OH excluding ortho intramolecular Hbond substituents is 1. The smallest absolute Gasteiger partial charge is 0.338 e. The van der Waals surface area contributed by atoms with E-state index in [9.17, 15) is 9.18 Å². The van der Waals surface area contributed by atoms with Crippen LogP contribution in [0.4, 0.5) is 4.39 Å². The van der Waals surface area contributed by atoms with Gasteiger partial charge in [0.1, 0.15) is 0 Å². The van der Waals surface area contributed by atoms with Gasteiger partial charge in [0.2, 0.25) is 0 Å². The largest absolute Gasteiger partial charge is 0.504 e. The predicted octanol–water partition coefficient (Wildman–Crippen LogP) is 1.99. The lowest BCUT2D eigenvalue weighted by Crippen LogP contribution is -2.00. The molecule has 0 saturated carbocycles. The molecule has 0 heterocycles. The van der Waals surface area contributed by atoms with E-state index >= 15 is 0 Å². The fraction of sp³-hybridized carbons (Fsp3) is 0. The second-order valence-electron chi connectivity index (χ2n) is 2.06. The van der Waals surface area contributed by atoms with Gasteiger partial charge in [-0.2, -0.15) is 0 Å². The number of halogens is 2. The SMILES string of the molecule is O=C(O)c1ccc(Br)c(O)c1F. The van der Waals surface area contributed by atoms with Crippen LogP contribution < -0.4 is 0 Å². The van der Waals surface area contributed by atoms with Gasteiger partial charge in [-0.05, 0) is 28.1 Å². The summed E-state index contributed by atoms with van der Waals surface area (Å²) in [5.41, 5.74) is -0.546. The number of phenols is 1. The average Bonchev–Trinajstić information content (AvgIpc) is 2.00. The molecule has 0 amide bonds. The van der Waals surface area contributed by atoms with E-state index in [1.807, 2.05) is 0 Å². The molecule has 0 unspecified atom stereocenters. The summed E-state index contributed by atoms with van der Waals surface area (Å²) in [7, 11) is 0. The summed E-state index contributed by atoms with van der Waals surface area (Å²) in [6, 6.07) is 2.34. The molecule has 0 aliphatic carbocycles. The molecule has 0 saturated heterocycles. The highest BCUT2D eigenvalue weighted by Crippen LogP contribution is 2.28. The molecule has 5 heteroatoms. The number of rotatable bonds is 1. The number of carbonyl (C=O) groups is 1. The Labute approximate surface area is 75.6 Å². The first-order valence-electron chi connectivity index (χ1n) is 2.94. The molecule has 0 aromatic heterocycles. The Morgan fingerprint density at radius 2 is 2.08 bits per heavy atom.